The van der Waals surface area contributed by atoms with Crippen molar-refractivity contribution in [2.45, 2.75) is 4.90 Å². The van der Waals surface area contributed by atoms with Crippen LogP contribution >= 0.6 is 0 Å². The van der Waals surface area contributed by atoms with Crippen LogP contribution in [0.3, 0.4) is 0 Å². The van der Waals surface area contributed by atoms with E-state index in [2.05, 4.69) is 10.0 Å². The summed E-state index contributed by atoms with van der Waals surface area (Å²) >= 11 is 0. The number of sulfonamides is 1. The Hall–Kier alpha value is -3.39. The number of anilines is 2. The summed E-state index contributed by atoms with van der Waals surface area (Å²) in [5, 5.41) is 12.2. The van der Waals surface area contributed by atoms with Crippen molar-refractivity contribution in [3.8, 4) is 5.75 Å². The predicted molar refractivity (Wildman–Crippen MR) is 99.7 cm³/mol. The van der Waals surface area contributed by atoms with Crippen LogP contribution in [-0.2, 0) is 10.0 Å². The number of amides is 1. The zero-order valence-corrected chi connectivity index (χ0v) is 14.7. The Kier molecular flexibility index (Phi) is 5.09. The summed E-state index contributed by atoms with van der Waals surface area (Å²) in [7, 11) is -4.01. The molecular formula is C19H15FN2O4S. The number of hydrogen-bond acceptors (Lipinski definition) is 4. The van der Waals surface area contributed by atoms with Crippen LogP contribution in [0.15, 0.2) is 77.7 Å². The standard InChI is InChI=1S/C19H15FN2O4S/c20-15-5-1-2-6-16(15)22-27(25,26)14-11-9-13(10-12-14)19(24)21-17-7-3-4-8-18(17)23/h1-12,22-23H,(H,21,24). The lowest BCUT2D eigenvalue weighted by Gasteiger charge is -2.10. The van der Waals surface area contributed by atoms with Gasteiger partial charge in [-0.15, -0.1) is 0 Å². The molecule has 3 rings (SSSR count). The van der Waals surface area contributed by atoms with Crippen LogP contribution in [0.4, 0.5) is 15.8 Å². The Balaban J connectivity index is 1.77. The largest absolute Gasteiger partial charge is 0.506 e. The van der Waals surface area contributed by atoms with E-state index in [-0.39, 0.29) is 27.6 Å². The van der Waals surface area contributed by atoms with Gasteiger partial charge in [-0.05, 0) is 48.5 Å². The van der Waals surface area contributed by atoms with Crippen molar-refractivity contribution < 1.29 is 22.7 Å². The first kappa shape index (κ1) is 18.4. The van der Waals surface area contributed by atoms with Gasteiger partial charge in [-0.1, -0.05) is 24.3 Å². The Morgan fingerprint density at radius 1 is 0.852 bits per heavy atom. The van der Waals surface area contributed by atoms with Gasteiger partial charge in [0.05, 0.1) is 16.3 Å². The Morgan fingerprint density at radius 2 is 1.44 bits per heavy atom. The molecule has 138 valence electrons. The zero-order valence-electron chi connectivity index (χ0n) is 13.9. The maximum absolute atomic E-state index is 13.6. The van der Waals surface area contributed by atoms with Crippen LogP contribution < -0.4 is 10.0 Å². The van der Waals surface area contributed by atoms with Crippen molar-refractivity contribution in [3.63, 3.8) is 0 Å². The first-order valence-electron chi connectivity index (χ1n) is 7.83. The van der Waals surface area contributed by atoms with Crippen molar-refractivity contribution in [2.24, 2.45) is 0 Å². The molecule has 0 atom stereocenters. The molecule has 0 aromatic heterocycles. The second kappa shape index (κ2) is 7.46. The van der Waals surface area contributed by atoms with Crippen LogP contribution in [0.2, 0.25) is 0 Å². The number of carbonyl (C=O) groups excluding carboxylic acids is 1. The summed E-state index contributed by atoms with van der Waals surface area (Å²) in [6.45, 7) is 0. The van der Waals surface area contributed by atoms with Gasteiger partial charge in [0.2, 0.25) is 0 Å². The molecule has 8 heteroatoms. The number of carbonyl (C=O) groups is 1. The van der Waals surface area contributed by atoms with Crippen molar-refractivity contribution in [2.75, 3.05) is 10.0 Å². The van der Waals surface area contributed by atoms with Crippen LogP contribution in [0.5, 0.6) is 5.75 Å². The quantitative estimate of drug-likeness (QED) is 0.584. The molecule has 3 N–H and O–H groups in total. The molecule has 0 bridgehead atoms. The van der Waals surface area contributed by atoms with Gasteiger partial charge in [-0.2, -0.15) is 0 Å². The second-order valence-electron chi connectivity index (χ2n) is 5.58. The molecule has 0 unspecified atom stereocenters. The van der Waals surface area contributed by atoms with E-state index in [1.165, 1.54) is 54.6 Å². The van der Waals surface area contributed by atoms with Gasteiger partial charge in [0.15, 0.2) is 0 Å². The molecule has 0 aliphatic rings. The van der Waals surface area contributed by atoms with Gasteiger partial charge in [0.1, 0.15) is 11.6 Å². The molecular weight excluding hydrogens is 371 g/mol. The van der Waals surface area contributed by atoms with Crippen molar-refractivity contribution in [1.82, 2.24) is 0 Å². The van der Waals surface area contributed by atoms with Gasteiger partial charge in [0.25, 0.3) is 15.9 Å². The molecule has 0 aliphatic carbocycles. The third-order valence-corrected chi connectivity index (χ3v) is 5.08. The minimum atomic E-state index is -4.01. The number of phenols is 1. The Morgan fingerprint density at radius 3 is 2.07 bits per heavy atom. The number of halogens is 1. The molecule has 0 spiro atoms. The third-order valence-electron chi connectivity index (χ3n) is 3.70. The molecule has 0 heterocycles. The van der Waals surface area contributed by atoms with Crippen molar-refractivity contribution >= 4 is 27.3 Å². The molecule has 6 nitrogen and oxygen atoms in total. The first-order valence-corrected chi connectivity index (χ1v) is 9.32. The summed E-state index contributed by atoms with van der Waals surface area (Å²) in [5.41, 5.74) is 0.266. The van der Waals surface area contributed by atoms with E-state index in [4.69, 9.17) is 0 Å². The molecule has 1 amide bonds. The number of aromatic hydroxyl groups is 1. The molecule has 3 aromatic carbocycles. The summed E-state index contributed by atoms with van der Waals surface area (Å²) in [6.07, 6.45) is 0. The number of benzene rings is 3. The van der Waals surface area contributed by atoms with Gasteiger partial charge in [-0.3, -0.25) is 9.52 Å². The highest BCUT2D eigenvalue weighted by molar-refractivity contribution is 7.92. The lowest BCUT2D eigenvalue weighted by atomic mass is 10.2. The highest BCUT2D eigenvalue weighted by atomic mass is 32.2. The average Bonchev–Trinajstić information content (AvgIpc) is 2.65. The van der Waals surface area contributed by atoms with Crippen LogP contribution in [0, 0.1) is 5.82 Å². The molecule has 0 saturated heterocycles. The van der Waals surface area contributed by atoms with E-state index in [0.717, 1.165) is 6.07 Å². The normalized spacial score (nSPS) is 11.0. The summed E-state index contributed by atoms with van der Waals surface area (Å²) in [6, 6.07) is 16.8. The Labute approximate surface area is 155 Å². The van der Waals surface area contributed by atoms with Crippen LogP contribution in [-0.4, -0.2) is 19.4 Å². The highest BCUT2D eigenvalue weighted by Gasteiger charge is 2.17. The first-order chi connectivity index (χ1) is 12.9. The number of para-hydroxylation sites is 3. The second-order valence-corrected chi connectivity index (χ2v) is 7.26. The fraction of sp³-hybridized carbons (Fsp3) is 0. The van der Waals surface area contributed by atoms with Gasteiger partial charge >= 0.3 is 0 Å². The molecule has 3 aromatic rings. The topological polar surface area (TPSA) is 95.5 Å². The van der Waals surface area contributed by atoms with Gasteiger partial charge in [-0.25, -0.2) is 12.8 Å². The summed E-state index contributed by atoms with van der Waals surface area (Å²) in [4.78, 5) is 12.1. The van der Waals surface area contributed by atoms with E-state index in [1.54, 1.807) is 12.1 Å². The third kappa shape index (κ3) is 4.24. The minimum Gasteiger partial charge on any atom is -0.506 e. The van der Waals surface area contributed by atoms with Gasteiger partial charge < -0.3 is 10.4 Å². The van der Waals surface area contributed by atoms with E-state index < -0.39 is 21.7 Å². The van der Waals surface area contributed by atoms with E-state index in [0.29, 0.717) is 0 Å². The summed E-state index contributed by atoms with van der Waals surface area (Å²) < 4.78 is 40.5. The molecule has 0 fully saturated rings. The minimum absolute atomic E-state index is 0.0841. The molecule has 0 radical (unpaired) electrons. The molecule has 27 heavy (non-hydrogen) atoms. The fourth-order valence-electron chi connectivity index (χ4n) is 2.31. The highest BCUT2D eigenvalue weighted by Crippen LogP contribution is 2.23. The van der Waals surface area contributed by atoms with Crippen LogP contribution in [0.25, 0.3) is 0 Å². The van der Waals surface area contributed by atoms with Crippen molar-refractivity contribution in [3.05, 3.63) is 84.2 Å². The van der Waals surface area contributed by atoms with E-state index >= 15 is 0 Å². The Bertz CT molecular complexity index is 1080. The maximum Gasteiger partial charge on any atom is 0.261 e. The predicted octanol–water partition coefficient (Wildman–Crippen LogP) is 3.58. The number of phenolic OH excluding ortho intramolecular Hbond substituents is 1. The molecule has 0 saturated carbocycles. The number of hydrogen-bond donors (Lipinski definition) is 3. The van der Waals surface area contributed by atoms with E-state index in [1.807, 2.05) is 0 Å². The zero-order chi connectivity index (χ0) is 19.4. The monoisotopic (exact) mass is 386 g/mol. The lowest BCUT2D eigenvalue weighted by Crippen LogP contribution is -2.15. The number of rotatable bonds is 5. The SMILES string of the molecule is O=C(Nc1ccccc1O)c1ccc(S(=O)(=O)Nc2ccccc2F)cc1. The molecule has 0 aliphatic heterocycles. The fourth-order valence-corrected chi connectivity index (χ4v) is 3.37. The number of nitrogens with one attached hydrogen (secondary N) is 2. The van der Waals surface area contributed by atoms with Gasteiger partial charge in [0, 0.05) is 5.56 Å². The average molecular weight is 386 g/mol. The summed E-state index contributed by atoms with van der Waals surface area (Å²) in [5.74, 6) is -1.29. The lowest BCUT2D eigenvalue weighted by molar-refractivity contribution is 0.102. The van der Waals surface area contributed by atoms with Crippen molar-refractivity contribution in [1.29, 1.82) is 0 Å². The maximum atomic E-state index is 13.6. The van der Waals surface area contributed by atoms with E-state index in [9.17, 15) is 22.7 Å². The smallest absolute Gasteiger partial charge is 0.261 e. The van der Waals surface area contributed by atoms with Crippen LogP contribution in [0.1, 0.15) is 10.4 Å².